The first kappa shape index (κ1) is 15.5. The first-order valence-corrected chi connectivity index (χ1v) is 7.83. The molecule has 0 saturated carbocycles. The number of nitrogens with one attached hydrogen (secondary N) is 1. The van der Waals surface area contributed by atoms with E-state index < -0.39 is 0 Å². The summed E-state index contributed by atoms with van der Waals surface area (Å²) < 4.78 is 13.0. The molecule has 2 rings (SSSR count). The molecule has 0 aliphatic carbocycles. The minimum Gasteiger partial charge on any atom is -0.313 e. The van der Waals surface area contributed by atoms with E-state index >= 15 is 0 Å². The molecule has 3 heteroatoms. The predicted octanol–water partition coefficient (Wildman–Crippen LogP) is 3.35. The van der Waals surface area contributed by atoms with Gasteiger partial charge in [0.15, 0.2) is 0 Å². The molecule has 0 bridgehead atoms. The van der Waals surface area contributed by atoms with Crippen LogP contribution >= 0.6 is 0 Å². The monoisotopic (exact) mass is 278 g/mol. The summed E-state index contributed by atoms with van der Waals surface area (Å²) in [5.41, 5.74) is 2.22. The molecular weight excluding hydrogens is 251 g/mol. The first-order chi connectivity index (χ1) is 9.65. The van der Waals surface area contributed by atoms with Crippen molar-refractivity contribution >= 4 is 0 Å². The lowest BCUT2D eigenvalue weighted by molar-refractivity contribution is 0.190. The van der Waals surface area contributed by atoms with Crippen molar-refractivity contribution in [1.29, 1.82) is 0 Å². The molecule has 112 valence electrons. The van der Waals surface area contributed by atoms with E-state index in [0.717, 1.165) is 24.6 Å². The molecule has 1 fully saturated rings. The highest BCUT2D eigenvalue weighted by Gasteiger charge is 2.14. The van der Waals surface area contributed by atoms with Crippen LogP contribution in [0.15, 0.2) is 18.2 Å². The third-order valence-corrected chi connectivity index (χ3v) is 4.32. The van der Waals surface area contributed by atoms with E-state index in [1.807, 2.05) is 13.0 Å². The second-order valence-electron chi connectivity index (χ2n) is 6.13. The number of rotatable bonds is 6. The quantitative estimate of drug-likeness (QED) is 0.803. The zero-order valence-electron chi connectivity index (χ0n) is 12.8. The third kappa shape index (κ3) is 4.88. The maximum absolute atomic E-state index is 13.0. The molecule has 1 aromatic rings. The summed E-state index contributed by atoms with van der Waals surface area (Å²) in [6.45, 7) is 9.91. The fourth-order valence-electron chi connectivity index (χ4n) is 2.79. The Morgan fingerprint density at radius 1 is 1.30 bits per heavy atom. The molecule has 2 nitrogen and oxygen atoms in total. The standard InChI is InChI=1S/C17H27FN2/c1-14-6-10-20(11-7-14)9-3-8-19-13-16-4-5-17(18)12-15(16)2/h4-5,12,14,19H,3,6-11,13H2,1-2H3. The van der Waals surface area contributed by atoms with Gasteiger partial charge in [-0.15, -0.1) is 0 Å². The number of likely N-dealkylation sites (tertiary alicyclic amines) is 1. The number of piperidine rings is 1. The molecular formula is C17H27FN2. The smallest absolute Gasteiger partial charge is 0.123 e. The van der Waals surface area contributed by atoms with Crippen LogP contribution in [0.25, 0.3) is 0 Å². The maximum Gasteiger partial charge on any atom is 0.123 e. The van der Waals surface area contributed by atoms with Crippen molar-refractivity contribution < 1.29 is 4.39 Å². The number of hydrogen-bond acceptors (Lipinski definition) is 2. The van der Waals surface area contributed by atoms with E-state index in [0.29, 0.717) is 0 Å². The molecule has 0 aromatic heterocycles. The Bertz CT molecular complexity index is 411. The van der Waals surface area contributed by atoms with Gasteiger partial charge in [0, 0.05) is 6.54 Å². The minimum absolute atomic E-state index is 0.148. The molecule has 1 aliphatic heterocycles. The van der Waals surface area contributed by atoms with Gasteiger partial charge in [-0.05, 0) is 81.5 Å². The van der Waals surface area contributed by atoms with Gasteiger partial charge >= 0.3 is 0 Å². The molecule has 1 N–H and O–H groups in total. The van der Waals surface area contributed by atoms with Crippen molar-refractivity contribution in [2.45, 2.75) is 39.7 Å². The van der Waals surface area contributed by atoms with Crippen LogP contribution < -0.4 is 5.32 Å². The van der Waals surface area contributed by atoms with Crippen LogP contribution in [0.3, 0.4) is 0 Å². The Morgan fingerprint density at radius 2 is 2.05 bits per heavy atom. The molecule has 0 radical (unpaired) electrons. The molecule has 0 atom stereocenters. The van der Waals surface area contributed by atoms with Crippen LogP contribution in [0.2, 0.25) is 0 Å². The molecule has 20 heavy (non-hydrogen) atoms. The largest absolute Gasteiger partial charge is 0.313 e. The van der Waals surface area contributed by atoms with Crippen molar-refractivity contribution in [2.24, 2.45) is 5.92 Å². The highest BCUT2D eigenvalue weighted by molar-refractivity contribution is 5.26. The zero-order chi connectivity index (χ0) is 14.4. The summed E-state index contributed by atoms with van der Waals surface area (Å²) in [5.74, 6) is 0.761. The number of aryl methyl sites for hydroxylation is 1. The van der Waals surface area contributed by atoms with E-state index in [-0.39, 0.29) is 5.82 Å². The third-order valence-electron chi connectivity index (χ3n) is 4.32. The normalized spacial score (nSPS) is 17.6. The summed E-state index contributed by atoms with van der Waals surface area (Å²) >= 11 is 0. The lowest BCUT2D eigenvalue weighted by Crippen LogP contribution is -2.34. The van der Waals surface area contributed by atoms with Crippen LogP contribution in [0.1, 0.15) is 37.3 Å². The van der Waals surface area contributed by atoms with E-state index in [4.69, 9.17) is 0 Å². The van der Waals surface area contributed by atoms with Crippen LogP contribution in [0.5, 0.6) is 0 Å². The topological polar surface area (TPSA) is 15.3 Å². The minimum atomic E-state index is -0.148. The van der Waals surface area contributed by atoms with Gasteiger partial charge < -0.3 is 10.2 Å². The van der Waals surface area contributed by atoms with Gasteiger partial charge in [0.25, 0.3) is 0 Å². The Balaban J connectivity index is 1.59. The molecule has 0 unspecified atom stereocenters. The van der Waals surface area contributed by atoms with Gasteiger partial charge in [-0.3, -0.25) is 0 Å². The molecule has 1 saturated heterocycles. The van der Waals surface area contributed by atoms with Crippen LogP contribution in [-0.2, 0) is 6.54 Å². The highest BCUT2D eigenvalue weighted by Crippen LogP contribution is 2.15. The van der Waals surface area contributed by atoms with Gasteiger partial charge in [-0.1, -0.05) is 13.0 Å². The average Bonchev–Trinajstić information content (AvgIpc) is 2.42. The van der Waals surface area contributed by atoms with Crippen molar-refractivity contribution in [1.82, 2.24) is 10.2 Å². The molecule has 0 spiro atoms. The fourth-order valence-corrected chi connectivity index (χ4v) is 2.79. The lowest BCUT2D eigenvalue weighted by Gasteiger charge is -2.30. The van der Waals surface area contributed by atoms with Crippen molar-refractivity contribution in [3.63, 3.8) is 0 Å². The van der Waals surface area contributed by atoms with Crippen LogP contribution in [-0.4, -0.2) is 31.1 Å². The fraction of sp³-hybridized carbons (Fsp3) is 0.647. The summed E-state index contributed by atoms with van der Waals surface area (Å²) in [5, 5.41) is 3.46. The van der Waals surface area contributed by atoms with Gasteiger partial charge in [0.05, 0.1) is 0 Å². The van der Waals surface area contributed by atoms with Crippen molar-refractivity contribution in [3.05, 3.63) is 35.1 Å². The van der Waals surface area contributed by atoms with Crippen LogP contribution in [0, 0.1) is 18.7 Å². The maximum atomic E-state index is 13.0. The average molecular weight is 278 g/mol. The van der Waals surface area contributed by atoms with Crippen LogP contribution in [0.4, 0.5) is 4.39 Å². The summed E-state index contributed by atoms with van der Waals surface area (Å²) in [6.07, 6.45) is 3.89. The van der Waals surface area contributed by atoms with Crippen molar-refractivity contribution in [3.8, 4) is 0 Å². The summed E-state index contributed by atoms with van der Waals surface area (Å²) in [4.78, 5) is 2.57. The SMILES string of the molecule is Cc1cc(F)ccc1CNCCCN1CCC(C)CC1. The Morgan fingerprint density at radius 3 is 2.75 bits per heavy atom. The number of hydrogen-bond donors (Lipinski definition) is 1. The number of nitrogens with zero attached hydrogens (tertiary/aromatic N) is 1. The summed E-state index contributed by atoms with van der Waals surface area (Å²) in [7, 11) is 0. The molecule has 1 aromatic carbocycles. The number of benzene rings is 1. The second-order valence-corrected chi connectivity index (χ2v) is 6.13. The Labute approximate surface area is 122 Å². The Hall–Kier alpha value is -0.930. The highest BCUT2D eigenvalue weighted by atomic mass is 19.1. The van der Waals surface area contributed by atoms with Gasteiger partial charge in [-0.25, -0.2) is 4.39 Å². The molecule has 0 amide bonds. The molecule has 1 aliphatic rings. The lowest BCUT2D eigenvalue weighted by atomic mass is 9.99. The first-order valence-electron chi connectivity index (χ1n) is 7.83. The zero-order valence-corrected chi connectivity index (χ0v) is 12.8. The van der Waals surface area contributed by atoms with E-state index in [1.54, 1.807) is 12.1 Å². The van der Waals surface area contributed by atoms with Gasteiger partial charge in [0.1, 0.15) is 5.82 Å². The van der Waals surface area contributed by atoms with Gasteiger partial charge in [-0.2, -0.15) is 0 Å². The molecule has 1 heterocycles. The predicted molar refractivity (Wildman–Crippen MR) is 82.3 cm³/mol. The van der Waals surface area contributed by atoms with E-state index in [9.17, 15) is 4.39 Å². The Kier molecular flexibility index (Phi) is 5.99. The number of halogens is 1. The van der Waals surface area contributed by atoms with E-state index in [1.165, 1.54) is 44.5 Å². The summed E-state index contributed by atoms with van der Waals surface area (Å²) in [6, 6.07) is 5.02. The van der Waals surface area contributed by atoms with Gasteiger partial charge in [0.2, 0.25) is 0 Å². The second kappa shape index (κ2) is 7.75. The van der Waals surface area contributed by atoms with E-state index in [2.05, 4.69) is 17.1 Å². The van der Waals surface area contributed by atoms with Crippen molar-refractivity contribution in [2.75, 3.05) is 26.2 Å².